The molecule has 0 unspecified atom stereocenters. The first-order chi connectivity index (χ1) is 14.0. The van der Waals surface area contributed by atoms with Crippen LogP contribution in [0.3, 0.4) is 0 Å². The topological polar surface area (TPSA) is 89.4 Å². The molecule has 7 nitrogen and oxygen atoms in total. The molecule has 0 saturated carbocycles. The molecule has 0 aromatic heterocycles. The molecule has 2 aromatic carbocycles. The maximum Gasteiger partial charge on any atom is 0.240 e. The van der Waals surface area contributed by atoms with E-state index in [0.29, 0.717) is 27.3 Å². The van der Waals surface area contributed by atoms with E-state index >= 15 is 0 Å². The largest absolute Gasteiger partial charge is 0.493 e. The molecule has 1 aliphatic rings. The van der Waals surface area contributed by atoms with Gasteiger partial charge in [-0.2, -0.15) is 5.10 Å². The van der Waals surface area contributed by atoms with Gasteiger partial charge < -0.3 is 14.8 Å². The molecule has 1 fully saturated rings. The Kier molecular flexibility index (Phi) is 6.90. The van der Waals surface area contributed by atoms with Gasteiger partial charge in [0.25, 0.3) is 0 Å². The Morgan fingerprint density at radius 2 is 1.90 bits per heavy atom. The molecular formula is C20H18ClN3O4S. The third-order valence-corrected chi connectivity index (χ3v) is 5.40. The molecule has 9 heteroatoms. The zero-order valence-electron chi connectivity index (χ0n) is 15.7. The standard InChI is InChI=1S/C20H18ClN3O4S/c1-27-16-8-3-12(9-17(16)28-2)11-22-24-20-23-19(26)18(29-20)10-15(25)13-4-6-14(21)7-5-13/h3-9,11,18H,10H2,1-2H3,(H,23,24,26)/b22-11-/t18-/m1/s1. The van der Waals surface area contributed by atoms with Crippen molar-refractivity contribution in [2.45, 2.75) is 11.7 Å². The highest BCUT2D eigenvalue weighted by atomic mass is 35.5. The number of ketones is 1. The number of halogens is 1. The molecule has 150 valence electrons. The summed E-state index contributed by atoms with van der Waals surface area (Å²) >= 11 is 7.01. The van der Waals surface area contributed by atoms with E-state index in [1.165, 1.54) is 18.0 Å². The van der Waals surface area contributed by atoms with Gasteiger partial charge in [0, 0.05) is 17.0 Å². The number of carbonyl (C=O) groups excluding carboxylic acids is 2. The van der Waals surface area contributed by atoms with Gasteiger partial charge in [0.1, 0.15) is 0 Å². The van der Waals surface area contributed by atoms with Crippen LogP contribution in [0.1, 0.15) is 22.3 Å². The molecule has 1 N–H and O–H groups in total. The Labute approximate surface area is 177 Å². The van der Waals surface area contributed by atoms with Crippen LogP contribution >= 0.6 is 23.4 Å². The van der Waals surface area contributed by atoms with Gasteiger partial charge >= 0.3 is 0 Å². The Hall–Kier alpha value is -2.84. The first-order valence-corrected chi connectivity index (χ1v) is 9.85. The summed E-state index contributed by atoms with van der Waals surface area (Å²) in [6.07, 6.45) is 1.60. The van der Waals surface area contributed by atoms with Crippen LogP contribution in [0.2, 0.25) is 5.02 Å². The zero-order chi connectivity index (χ0) is 20.8. The van der Waals surface area contributed by atoms with E-state index in [0.717, 1.165) is 5.56 Å². The fraction of sp³-hybridized carbons (Fsp3) is 0.200. The Bertz CT molecular complexity index is 976. The maximum absolute atomic E-state index is 12.3. The summed E-state index contributed by atoms with van der Waals surface area (Å²) < 4.78 is 10.4. The van der Waals surface area contributed by atoms with Gasteiger partial charge in [0.15, 0.2) is 22.4 Å². The van der Waals surface area contributed by atoms with Crippen molar-refractivity contribution in [1.29, 1.82) is 0 Å². The quantitative estimate of drug-likeness (QED) is 0.411. The SMILES string of the molecule is COc1ccc(/C=N\N=C2\NC(=O)[C@@H](CC(=O)c3ccc(Cl)cc3)S2)cc1OC. The molecule has 1 amide bonds. The molecule has 0 spiro atoms. The number of methoxy groups -OCH3 is 2. The van der Waals surface area contributed by atoms with E-state index in [2.05, 4.69) is 15.5 Å². The van der Waals surface area contributed by atoms with Crippen LogP contribution in [0.15, 0.2) is 52.7 Å². The summed E-state index contributed by atoms with van der Waals surface area (Å²) in [5.74, 6) is 0.790. The summed E-state index contributed by atoms with van der Waals surface area (Å²) in [4.78, 5) is 24.5. The fourth-order valence-electron chi connectivity index (χ4n) is 2.59. The Morgan fingerprint density at radius 1 is 1.17 bits per heavy atom. The number of thioether (sulfide) groups is 1. The van der Waals surface area contributed by atoms with Gasteiger partial charge in [0.2, 0.25) is 5.91 Å². The fourth-order valence-corrected chi connectivity index (χ4v) is 3.64. The van der Waals surface area contributed by atoms with E-state index in [1.54, 1.807) is 56.7 Å². The molecule has 0 radical (unpaired) electrons. The lowest BCUT2D eigenvalue weighted by atomic mass is 10.1. The summed E-state index contributed by atoms with van der Waals surface area (Å²) in [6.45, 7) is 0. The van der Waals surface area contributed by atoms with Gasteiger partial charge in [-0.15, -0.1) is 5.10 Å². The molecule has 1 atom stereocenters. The number of benzene rings is 2. The normalized spacial score (nSPS) is 17.6. The monoisotopic (exact) mass is 431 g/mol. The number of hydrogen-bond acceptors (Lipinski definition) is 7. The summed E-state index contributed by atoms with van der Waals surface area (Å²) in [5.41, 5.74) is 1.27. The van der Waals surface area contributed by atoms with Crippen LogP contribution in [-0.4, -0.2) is 42.5 Å². The summed E-state index contributed by atoms with van der Waals surface area (Å²) in [7, 11) is 3.11. The minimum Gasteiger partial charge on any atom is -0.493 e. The highest BCUT2D eigenvalue weighted by Crippen LogP contribution is 2.27. The molecule has 29 heavy (non-hydrogen) atoms. The molecular weight excluding hydrogens is 414 g/mol. The second-order valence-corrected chi connectivity index (χ2v) is 7.62. The van der Waals surface area contributed by atoms with Crippen LogP contribution in [0.25, 0.3) is 0 Å². The number of rotatable bonds is 7. The highest BCUT2D eigenvalue weighted by molar-refractivity contribution is 8.15. The van der Waals surface area contributed by atoms with Crippen LogP contribution in [0.5, 0.6) is 11.5 Å². The third-order valence-electron chi connectivity index (χ3n) is 4.08. The second kappa shape index (κ2) is 9.58. The number of amidine groups is 1. The third kappa shape index (κ3) is 5.36. The predicted molar refractivity (Wildman–Crippen MR) is 114 cm³/mol. The molecule has 3 rings (SSSR count). The van der Waals surface area contributed by atoms with Gasteiger partial charge in [-0.1, -0.05) is 23.4 Å². The van der Waals surface area contributed by atoms with E-state index in [1.807, 2.05) is 0 Å². The predicted octanol–water partition coefficient (Wildman–Crippen LogP) is 3.55. The molecule has 2 aromatic rings. The summed E-state index contributed by atoms with van der Waals surface area (Å²) in [6, 6.07) is 11.9. The summed E-state index contributed by atoms with van der Waals surface area (Å²) in [5, 5.41) is 11.0. The van der Waals surface area contributed by atoms with Crippen LogP contribution in [0.4, 0.5) is 0 Å². The minimum absolute atomic E-state index is 0.0660. The van der Waals surface area contributed by atoms with Crippen molar-refractivity contribution in [3.8, 4) is 11.5 Å². The molecule has 1 heterocycles. The lowest BCUT2D eigenvalue weighted by Gasteiger charge is -2.07. The average Bonchev–Trinajstić information content (AvgIpc) is 3.07. The first kappa shape index (κ1) is 20.9. The molecule has 0 bridgehead atoms. The van der Waals surface area contributed by atoms with Crippen molar-refractivity contribution in [2.24, 2.45) is 10.2 Å². The molecule has 1 saturated heterocycles. The van der Waals surface area contributed by atoms with Crippen molar-refractivity contribution >= 4 is 46.4 Å². The van der Waals surface area contributed by atoms with Gasteiger partial charge in [0.05, 0.1) is 25.7 Å². The highest BCUT2D eigenvalue weighted by Gasteiger charge is 2.32. The zero-order valence-corrected chi connectivity index (χ0v) is 17.3. The van der Waals surface area contributed by atoms with Crippen molar-refractivity contribution in [3.63, 3.8) is 0 Å². The number of amides is 1. The maximum atomic E-state index is 12.3. The van der Waals surface area contributed by atoms with Crippen LogP contribution in [-0.2, 0) is 4.79 Å². The number of Topliss-reactive ketones (excluding diaryl/α,β-unsaturated/α-hetero) is 1. The van der Waals surface area contributed by atoms with Gasteiger partial charge in [-0.3, -0.25) is 9.59 Å². The van der Waals surface area contributed by atoms with E-state index in [-0.39, 0.29) is 18.1 Å². The van der Waals surface area contributed by atoms with Crippen molar-refractivity contribution < 1.29 is 19.1 Å². The molecule has 1 aliphatic heterocycles. The Balaban J connectivity index is 1.62. The van der Waals surface area contributed by atoms with Crippen molar-refractivity contribution in [3.05, 3.63) is 58.6 Å². The lowest BCUT2D eigenvalue weighted by molar-refractivity contribution is -0.118. The van der Waals surface area contributed by atoms with Crippen molar-refractivity contribution in [1.82, 2.24) is 5.32 Å². The van der Waals surface area contributed by atoms with Gasteiger partial charge in [-0.25, -0.2) is 0 Å². The van der Waals surface area contributed by atoms with E-state index in [4.69, 9.17) is 21.1 Å². The number of nitrogens with zero attached hydrogens (tertiary/aromatic N) is 2. The van der Waals surface area contributed by atoms with E-state index < -0.39 is 5.25 Å². The van der Waals surface area contributed by atoms with Crippen molar-refractivity contribution in [2.75, 3.05) is 14.2 Å². The Morgan fingerprint density at radius 3 is 2.59 bits per heavy atom. The number of carbonyl (C=O) groups is 2. The number of nitrogens with one attached hydrogen (secondary N) is 1. The minimum atomic E-state index is -0.548. The van der Waals surface area contributed by atoms with Crippen LogP contribution < -0.4 is 14.8 Å². The smallest absolute Gasteiger partial charge is 0.240 e. The molecule has 0 aliphatic carbocycles. The van der Waals surface area contributed by atoms with Gasteiger partial charge in [-0.05, 0) is 48.0 Å². The second-order valence-electron chi connectivity index (χ2n) is 5.99. The van der Waals surface area contributed by atoms with Crippen LogP contribution in [0, 0.1) is 0 Å². The first-order valence-electron chi connectivity index (χ1n) is 8.59. The lowest BCUT2D eigenvalue weighted by Crippen LogP contribution is -2.26. The van der Waals surface area contributed by atoms with E-state index in [9.17, 15) is 9.59 Å². The average molecular weight is 432 g/mol. The number of hydrogen-bond donors (Lipinski definition) is 1. The number of ether oxygens (including phenoxy) is 2.